The fourth-order valence-electron chi connectivity index (χ4n) is 2.61. The number of carbonyl (C=O) groups is 1. The molecule has 4 nitrogen and oxygen atoms in total. The average Bonchev–Trinajstić information content (AvgIpc) is 2.54. The summed E-state index contributed by atoms with van der Waals surface area (Å²) in [5.41, 5.74) is 0.317. The Morgan fingerprint density at radius 1 is 1.36 bits per heavy atom. The number of carbonyl (C=O) groups excluding carboxylic acids is 1. The molecule has 1 aliphatic heterocycles. The van der Waals surface area contributed by atoms with Gasteiger partial charge in [0.05, 0.1) is 0 Å². The number of nitrogens with zero attached hydrogens (tertiary/aromatic N) is 2. The first kappa shape index (κ1) is 16.8. The molecule has 1 aliphatic rings. The van der Waals surface area contributed by atoms with Crippen molar-refractivity contribution in [2.75, 3.05) is 39.8 Å². The van der Waals surface area contributed by atoms with Gasteiger partial charge in [-0.3, -0.25) is 9.69 Å². The summed E-state index contributed by atoms with van der Waals surface area (Å²) in [5, 5.41) is 3.20. The molecule has 0 spiro atoms. The van der Waals surface area contributed by atoms with E-state index in [9.17, 15) is 13.6 Å². The predicted octanol–water partition coefficient (Wildman–Crippen LogP) is 1.78. The molecule has 0 bridgehead atoms. The molecule has 0 aliphatic carbocycles. The standard InChI is InChI=1S/C16H23F2N3O/c1-12(14-11-13(17)3-4-15(14)18)20(2)8-5-16(22)21-9-6-19-7-10-21/h3-4,11-12,19H,5-10H2,1-2H3. The SMILES string of the molecule is CC(c1cc(F)ccc1F)N(C)CCC(=O)N1CCNCC1. The Labute approximate surface area is 130 Å². The van der Waals surface area contributed by atoms with E-state index < -0.39 is 11.6 Å². The molecular weight excluding hydrogens is 288 g/mol. The average molecular weight is 311 g/mol. The fourth-order valence-corrected chi connectivity index (χ4v) is 2.61. The van der Waals surface area contributed by atoms with E-state index in [2.05, 4.69) is 5.32 Å². The molecule has 0 saturated carbocycles. The minimum atomic E-state index is -0.450. The molecule has 122 valence electrons. The summed E-state index contributed by atoms with van der Waals surface area (Å²) in [5.74, 6) is -0.761. The van der Waals surface area contributed by atoms with E-state index in [-0.39, 0.29) is 11.9 Å². The minimum absolute atomic E-state index is 0.111. The van der Waals surface area contributed by atoms with Crippen molar-refractivity contribution >= 4 is 5.91 Å². The molecule has 2 rings (SSSR count). The van der Waals surface area contributed by atoms with Crippen molar-refractivity contribution in [2.45, 2.75) is 19.4 Å². The molecule has 6 heteroatoms. The van der Waals surface area contributed by atoms with Crippen molar-refractivity contribution in [1.29, 1.82) is 0 Å². The van der Waals surface area contributed by atoms with Crippen molar-refractivity contribution in [2.24, 2.45) is 0 Å². The number of benzene rings is 1. The number of hydrogen-bond donors (Lipinski definition) is 1. The zero-order valence-electron chi connectivity index (χ0n) is 13.1. The van der Waals surface area contributed by atoms with Gasteiger partial charge in [0, 0.05) is 50.7 Å². The lowest BCUT2D eigenvalue weighted by molar-refractivity contribution is -0.132. The van der Waals surface area contributed by atoms with Crippen LogP contribution in [0.3, 0.4) is 0 Å². The maximum atomic E-state index is 13.8. The Morgan fingerprint density at radius 3 is 2.73 bits per heavy atom. The highest BCUT2D eigenvalue weighted by atomic mass is 19.1. The summed E-state index contributed by atoms with van der Waals surface area (Å²) in [4.78, 5) is 15.8. The Kier molecular flexibility index (Phi) is 5.85. The van der Waals surface area contributed by atoms with E-state index in [1.807, 2.05) is 23.8 Å². The highest BCUT2D eigenvalue weighted by molar-refractivity contribution is 5.76. The van der Waals surface area contributed by atoms with Crippen LogP contribution < -0.4 is 5.32 Å². The number of nitrogens with one attached hydrogen (secondary N) is 1. The van der Waals surface area contributed by atoms with Crippen LogP contribution in [0.15, 0.2) is 18.2 Å². The summed E-state index contributed by atoms with van der Waals surface area (Å²) in [6, 6.07) is 3.18. The smallest absolute Gasteiger partial charge is 0.223 e. The summed E-state index contributed by atoms with van der Waals surface area (Å²) < 4.78 is 27.1. The van der Waals surface area contributed by atoms with Gasteiger partial charge >= 0.3 is 0 Å². The van der Waals surface area contributed by atoms with Crippen LogP contribution in [0, 0.1) is 11.6 Å². The minimum Gasteiger partial charge on any atom is -0.340 e. The van der Waals surface area contributed by atoms with Gasteiger partial charge in [0.1, 0.15) is 11.6 Å². The number of amides is 1. The molecule has 1 aromatic rings. The Morgan fingerprint density at radius 2 is 2.05 bits per heavy atom. The largest absolute Gasteiger partial charge is 0.340 e. The Balaban J connectivity index is 1.89. The van der Waals surface area contributed by atoms with Gasteiger partial charge in [0.2, 0.25) is 5.91 Å². The normalized spacial score (nSPS) is 16.9. The van der Waals surface area contributed by atoms with E-state index in [1.165, 1.54) is 6.07 Å². The van der Waals surface area contributed by atoms with Crippen LogP contribution in [0.25, 0.3) is 0 Å². The first-order chi connectivity index (χ1) is 10.5. The van der Waals surface area contributed by atoms with E-state index >= 15 is 0 Å². The molecule has 1 saturated heterocycles. The molecular formula is C16H23F2N3O. The third-order valence-corrected chi connectivity index (χ3v) is 4.22. The van der Waals surface area contributed by atoms with E-state index in [1.54, 1.807) is 0 Å². The molecule has 1 heterocycles. The Hall–Kier alpha value is -1.53. The molecule has 0 aromatic heterocycles. The maximum Gasteiger partial charge on any atom is 0.223 e. The van der Waals surface area contributed by atoms with Crippen LogP contribution in [-0.2, 0) is 4.79 Å². The number of piperazine rings is 1. The third kappa shape index (κ3) is 4.24. The molecule has 0 radical (unpaired) electrons. The summed E-state index contributed by atoms with van der Waals surface area (Å²) in [6.45, 7) is 5.44. The lowest BCUT2D eigenvalue weighted by Crippen LogP contribution is -2.47. The predicted molar refractivity (Wildman–Crippen MR) is 81.5 cm³/mol. The monoisotopic (exact) mass is 311 g/mol. The van der Waals surface area contributed by atoms with Gasteiger partial charge in [-0.25, -0.2) is 8.78 Å². The van der Waals surface area contributed by atoms with Crippen LogP contribution in [0.2, 0.25) is 0 Å². The molecule has 1 unspecified atom stereocenters. The van der Waals surface area contributed by atoms with Crippen LogP contribution in [0.4, 0.5) is 8.78 Å². The lowest BCUT2D eigenvalue weighted by Gasteiger charge is -2.29. The van der Waals surface area contributed by atoms with Gasteiger partial charge in [-0.15, -0.1) is 0 Å². The van der Waals surface area contributed by atoms with Crippen molar-refractivity contribution in [1.82, 2.24) is 15.1 Å². The first-order valence-corrected chi connectivity index (χ1v) is 7.62. The summed E-state index contributed by atoms with van der Waals surface area (Å²) in [6.07, 6.45) is 0.387. The lowest BCUT2D eigenvalue weighted by atomic mass is 10.1. The molecule has 1 amide bonds. The fraction of sp³-hybridized carbons (Fsp3) is 0.562. The second kappa shape index (κ2) is 7.65. The van der Waals surface area contributed by atoms with Crippen molar-refractivity contribution in [3.05, 3.63) is 35.4 Å². The highest BCUT2D eigenvalue weighted by Crippen LogP contribution is 2.22. The van der Waals surface area contributed by atoms with Crippen LogP contribution in [0.5, 0.6) is 0 Å². The third-order valence-electron chi connectivity index (χ3n) is 4.22. The van der Waals surface area contributed by atoms with E-state index in [0.29, 0.717) is 18.5 Å². The zero-order valence-corrected chi connectivity index (χ0v) is 13.1. The van der Waals surface area contributed by atoms with Crippen LogP contribution in [-0.4, -0.2) is 55.5 Å². The molecule has 1 fully saturated rings. The van der Waals surface area contributed by atoms with Gasteiger partial charge in [0.15, 0.2) is 0 Å². The van der Waals surface area contributed by atoms with Gasteiger partial charge in [0.25, 0.3) is 0 Å². The molecule has 1 N–H and O–H groups in total. The van der Waals surface area contributed by atoms with Crippen molar-refractivity contribution in [3.63, 3.8) is 0 Å². The first-order valence-electron chi connectivity index (χ1n) is 7.62. The molecule has 1 aromatic carbocycles. The maximum absolute atomic E-state index is 13.8. The molecule has 1 atom stereocenters. The van der Waals surface area contributed by atoms with E-state index in [4.69, 9.17) is 0 Å². The van der Waals surface area contributed by atoms with Gasteiger partial charge in [-0.1, -0.05) is 0 Å². The Bertz CT molecular complexity index is 518. The number of halogens is 2. The quantitative estimate of drug-likeness (QED) is 0.900. The van der Waals surface area contributed by atoms with E-state index in [0.717, 1.165) is 38.3 Å². The summed E-state index contributed by atoms with van der Waals surface area (Å²) in [7, 11) is 1.82. The number of rotatable bonds is 5. The summed E-state index contributed by atoms with van der Waals surface area (Å²) >= 11 is 0. The van der Waals surface area contributed by atoms with Gasteiger partial charge < -0.3 is 10.2 Å². The van der Waals surface area contributed by atoms with Crippen LogP contribution in [0.1, 0.15) is 24.9 Å². The van der Waals surface area contributed by atoms with Gasteiger partial charge in [-0.2, -0.15) is 0 Å². The molecule has 22 heavy (non-hydrogen) atoms. The van der Waals surface area contributed by atoms with Crippen molar-refractivity contribution < 1.29 is 13.6 Å². The van der Waals surface area contributed by atoms with Gasteiger partial charge in [-0.05, 0) is 32.2 Å². The zero-order chi connectivity index (χ0) is 16.1. The second-order valence-electron chi connectivity index (χ2n) is 5.70. The second-order valence-corrected chi connectivity index (χ2v) is 5.70. The topological polar surface area (TPSA) is 35.6 Å². The highest BCUT2D eigenvalue weighted by Gasteiger charge is 2.20. The number of hydrogen-bond acceptors (Lipinski definition) is 3. The van der Waals surface area contributed by atoms with Crippen LogP contribution >= 0.6 is 0 Å². The van der Waals surface area contributed by atoms with Crippen molar-refractivity contribution in [3.8, 4) is 0 Å².